The summed E-state index contributed by atoms with van der Waals surface area (Å²) in [6.45, 7) is 9.43. The summed E-state index contributed by atoms with van der Waals surface area (Å²) in [7, 11) is 0. The molecule has 1 aliphatic rings. The summed E-state index contributed by atoms with van der Waals surface area (Å²) >= 11 is 3.79. The molecule has 3 nitrogen and oxygen atoms in total. The highest BCUT2D eigenvalue weighted by molar-refractivity contribution is 8.00. The number of aryl methyl sites for hydroxylation is 1. The normalized spacial score (nSPS) is 20.1. The smallest absolute Gasteiger partial charge is 0.185 e. The minimum atomic E-state index is 0.334. The van der Waals surface area contributed by atoms with Gasteiger partial charge in [-0.25, -0.2) is 4.98 Å². The van der Waals surface area contributed by atoms with E-state index in [4.69, 9.17) is 5.73 Å². The van der Waals surface area contributed by atoms with Crippen LogP contribution < -0.4 is 10.6 Å². The standard InChI is InChI=1S/C11H19N3S2/c1-8-9(6-12)16-10(13-8)14-4-5-15-11(2,3)7-14/h4-7,12H2,1-3H3. The third kappa shape index (κ3) is 2.52. The van der Waals surface area contributed by atoms with E-state index in [1.54, 1.807) is 11.3 Å². The Morgan fingerprint density at radius 1 is 1.50 bits per heavy atom. The molecule has 0 saturated carbocycles. The lowest BCUT2D eigenvalue weighted by Crippen LogP contribution is -2.43. The first-order valence-electron chi connectivity index (χ1n) is 5.57. The summed E-state index contributed by atoms with van der Waals surface area (Å²) in [6.07, 6.45) is 0. The van der Waals surface area contributed by atoms with Crippen LogP contribution in [0.4, 0.5) is 5.13 Å². The Bertz CT molecular complexity index is 373. The number of nitrogens with two attached hydrogens (primary N) is 1. The van der Waals surface area contributed by atoms with Crippen molar-refractivity contribution < 1.29 is 0 Å². The molecule has 1 aromatic rings. The Balaban J connectivity index is 2.17. The van der Waals surface area contributed by atoms with Crippen molar-refractivity contribution in [2.75, 3.05) is 23.7 Å². The Morgan fingerprint density at radius 2 is 2.25 bits per heavy atom. The molecular weight excluding hydrogens is 238 g/mol. The van der Waals surface area contributed by atoms with Gasteiger partial charge in [0.15, 0.2) is 5.13 Å². The predicted molar refractivity (Wildman–Crippen MR) is 73.5 cm³/mol. The molecule has 2 heterocycles. The molecule has 1 fully saturated rings. The van der Waals surface area contributed by atoms with E-state index in [-0.39, 0.29) is 0 Å². The predicted octanol–water partition coefficient (Wildman–Crippen LogP) is 2.24. The lowest BCUT2D eigenvalue weighted by atomic mass is 10.2. The molecule has 90 valence electrons. The minimum Gasteiger partial charge on any atom is -0.346 e. The highest BCUT2D eigenvalue weighted by Crippen LogP contribution is 2.34. The summed E-state index contributed by atoms with van der Waals surface area (Å²) in [5.41, 5.74) is 6.79. The Morgan fingerprint density at radius 3 is 2.81 bits per heavy atom. The topological polar surface area (TPSA) is 42.2 Å². The van der Waals surface area contributed by atoms with Gasteiger partial charge < -0.3 is 10.6 Å². The zero-order valence-electron chi connectivity index (χ0n) is 10.1. The number of thiazole rings is 1. The number of thioether (sulfide) groups is 1. The Hall–Kier alpha value is -0.260. The third-order valence-corrected chi connectivity index (χ3v) is 5.30. The van der Waals surface area contributed by atoms with E-state index in [1.807, 2.05) is 18.7 Å². The highest BCUT2D eigenvalue weighted by Gasteiger charge is 2.28. The van der Waals surface area contributed by atoms with E-state index in [0.717, 1.165) is 23.9 Å². The second-order valence-electron chi connectivity index (χ2n) is 4.74. The van der Waals surface area contributed by atoms with Crippen LogP contribution in [0.2, 0.25) is 0 Å². The van der Waals surface area contributed by atoms with Gasteiger partial charge >= 0.3 is 0 Å². The average Bonchev–Trinajstić information content (AvgIpc) is 2.58. The molecule has 0 radical (unpaired) electrons. The fourth-order valence-corrected chi connectivity index (χ4v) is 3.99. The van der Waals surface area contributed by atoms with Crippen LogP contribution in [0, 0.1) is 6.92 Å². The van der Waals surface area contributed by atoms with Crippen LogP contribution in [-0.2, 0) is 6.54 Å². The Labute approximate surface area is 105 Å². The molecule has 1 saturated heterocycles. The molecule has 2 N–H and O–H groups in total. The van der Waals surface area contributed by atoms with Crippen molar-refractivity contribution in [1.82, 2.24) is 4.98 Å². The van der Waals surface area contributed by atoms with Crippen LogP contribution in [0.3, 0.4) is 0 Å². The van der Waals surface area contributed by atoms with E-state index < -0.39 is 0 Å². The van der Waals surface area contributed by atoms with Crippen molar-refractivity contribution in [2.24, 2.45) is 5.73 Å². The molecule has 2 rings (SSSR count). The SMILES string of the molecule is Cc1nc(N2CCSC(C)(C)C2)sc1CN. The number of rotatable bonds is 2. The Kier molecular flexibility index (Phi) is 3.47. The first-order valence-corrected chi connectivity index (χ1v) is 7.37. The number of nitrogens with zero attached hydrogens (tertiary/aromatic N) is 2. The summed E-state index contributed by atoms with van der Waals surface area (Å²) in [4.78, 5) is 8.24. The van der Waals surface area contributed by atoms with Gasteiger partial charge in [-0.15, -0.1) is 11.3 Å². The maximum Gasteiger partial charge on any atom is 0.185 e. The van der Waals surface area contributed by atoms with Crippen LogP contribution >= 0.6 is 23.1 Å². The van der Waals surface area contributed by atoms with Crippen molar-refractivity contribution in [3.63, 3.8) is 0 Å². The first kappa shape index (κ1) is 12.2. The van der Waals surface area contributed by atoms with Crippen LogP contribution in [-0.4, -0.2) is 28.6 Å². The highest BCUT2D eigenvalue weighted by atomic mass is 32.2. The van der Waals surface area contributed by atoms with Crippen LogP contribution in [0.25, 0.3) is 0 Å². The molecule has 1 aliphatic heterocycles. The van der Waals surface area contributed by atoms with Crippen molar-refractivity contribution in [1.29, 1.82) is 0 Å². The average molecular weight is 257 g/mol. The molecule has 0 aromatic carbocycles. The van der Waals surface area contributed by atoms with E-state index in [0.29, 0.717) is 11.3 Å². The van der Waals surface area contributed by atoms with Crippen molar-refractivity contribution >= 4 is 28.2 Å². The van der Waals surface area contributed by atoms with Gasteiger partial charge in [-0.2, -0.15) is 11.8 Å². The summed E-state index contributed by atoms with van der Waals surface area (Å²) in [6, 6.07) is 0. The maximum atomic E-state index is 5.69. The number of aromatic nitrogens is 1. The van der Waals surface area contributed by atoms with Gasteiger partial charge in [-0.05, 0) is 20.8 Å². The molecule has 0 aliphatic carbocycles. The molecule has 0 bridgehead atoms. The fraction of sp³-hybridized carbons (Fsp3) is 0.727. The summed E-state index contributed by atoms with van der Waals surface area (Å²) in [5, 5.41) is 1.14. The fourth-order valence-electron chi connectivity index (χ4n) is 1.92. The molecule has 1 aromatic heterocycles. The molecular formula is C11H19N3S2. The summed E-state index contributed by atoms with van der Waals surface area (Å²) in [5.74, 6) is 1.18. The van der Waals surface area contributed by atoms with Gasteiger partial charge in [0.1, 0.15) is 0 Å². The third-order valence-electron chi connectivity index (χ3n) is 2.76. The molecule has 16 heavy (non-hydrogen) atoms. The van der Waals surface area contributed by atoms with Crippen LogP contribution in [0.1, 0.15) is 24.4 Å². The zero-order chi connectivity index (χ0) is 11.8. The van der Waals surface area contributed by atoms with Crippen molar-refractivity contribution in [3.05, 3.63) is 10.6 Å². The van der Waals surface area contributed by atoms with E-state index >= 15 is 0 Å². The van der Waals surface area contributed by atoms with Gasteiger partial charge in [-0.1, -0.05) is 0 Å². The monoisotopic (exact) mass is 257 g/mol. The lowest BCUT2D eigenvalue weighted by molar-refractivity contribution is 0.646. The minimum absolute atomic E-state index is 0.334. The quantitative estimate of drug-likeness (QED) is 0.882. The van der Waals surface area contributed by atoms with Gasteiger partial charge in [-0.3, -0.25) is 0 Å². The van der Waals surface area contributed by atoms with E-state index in [1.165, 1.54) is 10.6 Å². The van der Waals surface area contributed by atoms with Gasteiger partial charge in [0.05, 0.1) is 5.69 Å². The second kappa shape index (κ2) is 4.55. The van der Waals surface area contributed by atoms with Crippen molar-refractivity contribution in [2.45, 2.75) is 32.1 Å². The number of hydrogen-bond donors (Lipinski definition) is 1. The molecule has 0 spiro atoms. The number of hydrogen-bond acceptors (Lipinski definition) is 5. The van der Waals surface area contributed by atoms with Crippen LogP contribution in [0.15, 0.2) is 0 Å². The number of anilines is 1. The maximum absolute atomic E-state index is 5.69. The molecule has 0 unspecified atom stereocenters. The van der Waals surface area contributed by atoms with Crippen LogP contribution in [0.5, 0.6) is 0 Å². The molecule has 0 amide bonds. The van der Waals surface area contributed by atoms with Gasteiger partial charge in [0.25, 0.3) is 0 Å². The second-order valence-corrected chi connectivity index (χ2v) is 7.60. The molecule has 0 atom stereocenters. The van der Waals surface area contributed by atoms with Gasteiger partial charge in [0.2, 0.25) is 0 Å². The van der Waals surface area contributed by atoms with Crippen molar-refractivity contribution in [3.8, 4) is 0 Å². The first-order chi connectivity index (χ1) is 7.52. The largest absolute Gasteiger partial charge is 0.346 e. The van der Waals surface area contributed by atoms with Gasteiger partial charge in [0, 0.05) is 35.0 Å². The molecule has 5 heteroatoms. The lowest BCUT2D eigenvalue weighted by Gasteiger charge is -2.37. The van der Waals surface area contributed by atoms with E-state index in [2.05, 4.69) is 23.7 Å². The van der Waals surface area contributed by atoms with E-state index in [9.17, 15) is 0 Å². The zero-order valence-corrected chi connectivity index (χ0v) is 11.7. The summed E-state index contributed by atoms with van der Waals surface area (Å²) < 4.78 is 0.334.